The molecule has 0 aliphatic rings. The maximum atomic E-state index is 12.4. The van der Waals surface area contributed by atoms with Crippen LogP contribution in [0, 0.1) is 6.92 Å². The highest BCUT2D eigenvalue weighted by atomic mass is 16.3. The summed E-state index contributed by atoms with van der Waals surface area (Å²) in [5.74, 6) is -0.164. The molecule has 24 heavy (non-hydrogen) atoms. The molecule has 1 aromatic heterocycles. The van der Waals surface area contributed by atoms with Crippen LogP contribution in [0.15, 0.2) is 61.2 Å². The lowest BCUT2D eigenvalue weighted by Crippen LogP contribution is -2.13. The minimum Gasteiger partial charge on any atom is -0.392 e. The Bertz CT molecular complexity index is 824. The second-order valence-corrected chi connectivity index (χ2v) is 5.69. The zero-order valence-electron chi connectivity index (χ0n) is 13.4. The van der Waals surface area contributed by atoms with Gasteiger partial charge in [-0.05, 0) is 41.8 Å². The number of anilines is 1. The molecular formula is C19H19N3O2. The fraction of sp³-hybridized carbons (Fsp3) is 0.158. The second kappa shape index (κ2) is 7.10. The van der Waals surface area contributed by atoms with E-state index in [0.29, 0.717) is 11.3 Å². The molecule has 0 bridgehead atoms. The molecule has 0 fully saturated rings. The van der Waals surface area contributed by atoms with Crippen LogP contribution in [0.1, 0.15) is 27.0 Å². The number of aromatic nitrogens is 2. The standard InChI is InChI=1S/C19H19N3O2/c1-14-2-3-16(12-23)10-18(14)21-19(24)17-6-4-15(5-7-17)11-22-9-8-20-13-22/h2-10,13,23H,11-12H2,1H3,(H,21,24). The highest BCUT2D eigenvalue weighted by Gasteiger charge is 2.08. The summed E-state index contributed by atoms with van der Waals surface area (Å²) in [4.78, 5) is 16.4. The van der Waals surface area contributed by atoms with Crippen LogP contribution in [0.25, 0.3) is 0 Å². The Kier molecular flexibility index (Phi) is 4.72. The molecule has 3 rings (SSSR count). The van der Waals surface area contributed by atoms with Crippen LogP contribution < -0.4 is 5.32 Å². The van der Waals surface area contributed by atoms with Crippen LogP contribution in [-0.2, 0) is 13.2 Å². The van der Waals surface area contributed by atoms with Gasteiger partial charge in [0.05, 0.1) is 12.9 Å². The summed E-state index contributed by atoms with van der Waals surface area (Å²) in [6, 6.07) is 13.0. The van der Waals surface area contributed by atoms with E-state index in [0.717, 1.165) is 23.2 Å². The molecule has 0 saturated heterocycles. The number of aryl methyl sites for hydroxylation is 1. The first kappa shape index (κ1) is 16.0. The fourth-order valence-corrected chi connectivity index (χ4v) is 2.45. The van der Waals surface area contributed by atoms with E-state index < -0.39 is 0 Å². The first-order chi connectivity index (χ1) is 11.7. The Morgan fingerprint density at radius 1 is 1.17 bits per heavy atom. The highest BCUT2D eigenvalue weighted by Crippen LogP contribution is 2.18. The molecule has 0 saturated carbocycles. The summed E-state index contributed by atoms with van der Waals surface area (Å²) >= 11 is 0. The van der Waals surface area contributed by atoms with Crippen LogP contribution >= 0.6 is 0 Å². The number of hydrogen-bond acceptors (Lipinski definition) is 3. The van der Waals surface area contributed by atoms with E-state index >= 15 is 0 Å². The van der Waals surface area contributed by atoms with Crippen molar-refractivity contribution in [3.05, 3.63) is 83.4 Å². The van der Waals surface area contributed by atoms with Gasteiger partial charge < -0.3 is 15.0 Å². The van der Waals surface area contributed by atoms with Crippen LogP contribution in [0.4, 0.5) is 5.69 Å². The Balaban J connectivity index is 1.71. The number of carbonyl (C=O) groups excluding carboxylic acids is 1. The van der Waals surface area contributed by atoms with Crippen LogP contribution in [0.2, 0.25) is 0 Å². The Labute approximate surface area is 140 Å². The quantitative estimate of drug-likeness (QED) is 0.759. The monoisotopic (exact) mass is 321 g/mol. The molecular weight excluding hydrogens is 302 g/mol. The Morgan fingerprint density at radius 2 is 1.92 bits per heavy atom. The Hall–Kier alpha value is -2.92. The summed E-state index contributed by atoms with van der Waals surface area (Å²) in [6.07, 6.45) is 5.40. The van der Waals surface area contributed by atoms with Gasteiger partial charge >= 0.3 is 0 Å². The van der Waals surface area contributed by atoms with E-state index in [9.17, 15) is 9.90 Å². The summed E-state index contributed by atoms with van der Waals surface area (Å²) in [5, 5.41) is 12.1. The number of benzene rings is 2. The molecule has 0 aliphatic carbocycles. The third kappa shape index (κ3) is 3.70. The van der Waals surface area contributed by atoms with Crippen molar-refractivity contribution in [2.75, 3.05) is 5.32 Å². The number of imidazole rings is 1. The number of carbonyl (C=O) groups is 1. The summed E-state index contributed by atoms with van der Waals surface area (Å²) in [5.41, 5.74) is 4.14. The molecule has 2 aromatic carbocycles. The average Bonchev–Trinajstić information content (AvgIpc) is 3.10. The van der Waals surface area contributed by atoms with E-state index in [1.54, 1.807) is 18.6 Å². The van der Waals surface area contributed by atoms with E-state index in [2.05, 4.69) is 10.3 Å². The van der Waals surface area contributed by atoms with Gasteiger partial charge in [0, 0.05) is 30.2 Å². The maximum Gasteiger partial charge on any atom is 0.255 e. The molecule has 0 atom stereocenters. The van der Waals surface area contributed by atoms with Crippen LogP contribution in [0.3, 0.4) is 0 Å². The van der Waals surface area contributed by atoms with E-state index in [-0.39, 0.29) is 12.5 Å². The van der Waals surface area contributed by atoms with Crippen LogP contribution in [-0.4, -0.2) is 20.6 Å². The van der Waals surface area contributed by atoms with E-state index in [4.69, 9.17) is 0 Å². The molecule has 2 N–H and O–H groups in total. The summed E-state index contributed by atoms with van der Waals surface area (Å²) < 4.78 is 1.97. The SMILES string of the molecule is Cc1ccc(CO)cc1NC(=O)c1ccc(Cn2ccnc2)cc1. The third-order valence-electron chi connectivity index (χ3n) is 3.87. The minimum absolute atomic E-state index is 0.0495. The molecule has 0 spiro atoms. The highest BCUT2D eigenvalue weighted by molar-refractivity contribution is 6.04. The lowest BCUT2D eigenvalue weighted by atomic mass is 10.1. The van der Waals surface area contributed by atoms with E-state index in [1.165, 1.54) is 0 Å². The van der Waals surface area contributed by atoms with E-state index in [1.807, 2.05) is 54.1 Å². The van der Waals surface area contributed by atoms with Gasteiger partial charge in [0.25, 0.3) is 5.91 Å². The second-order valence-electron chi connectivity index (χ2n) is 5.69. The van der Waals surface area contributed by atoms with Crippen molar-refractivity contribution in [1.29, 1.82) is 0 Å². The molecule has 3 aromatic rings. The van der Waals surface area contributed by atoms with Crippen molar-refractivity contribution in [2.45, 2.75) is 20.1 Å². The molecule has 5 nitrogen and oxygen atoms in total. The number of amides is 1. The van der Waals surface area contributed by atoms with Crippen molar-refractivity contribution in [1.82, 2.24) is 9.55 Å². The molecule has 1 amide bonds. The summed E-state index contributed by atoms with van der Waals surface area (Å²) in [6.45, 7) is 2.59. The van der Waals surface area contributed by atoms with Crippen molar-refractivity contribution in [2.24, 2.45) is 0 Å². The van der Waals surface area contributed by atoms with Gasteiger partial charge in [0.1, 0.15) is 0 Å². The van der Waals surface area contributed by atoms with Crippen molar-refractivity contribution >= 4 is 11.6 Å². The topological polar surface area (TPSA) is 67.2 Å². The smallest absolute Gasteiger partial charge is 0.255 e. The lowest BCUT2D eigenvalue weighted by Gasteiger charge is -2.10. The molecule has 5 heteroatoms. The van der Waals surface area contributed by atoms with Gasteiger partial charge in [0.2, 0.25) is 0 Å². The first-order valence-corrected chi connectivity index (χ1v) is 7.72. The molecule has 1 heterocycles. The van der Waals surface area contributed by atoms with Gasteiger partial charge in [0.15, 0.2) is 0 Å². The fourth-order valence-electron chi connectivity index (χ4n) is 2.45. The van der Waals surface area contributed by atoms with Crippen molar-refractivity contribution in [3.8, 4) is 0 Å². The predicted octanol–water partition coefficient (Wildman–Crippen LogP) is 2.98. The van der Waals surface area contributed by atoms with Crippen molar-refractivity contribution in [3.63, 3.8) is 0 Å². The average molecular weight is 321 g/mol. The van der Waals surface area contributed by atoms with Gasteiger partial charge in [-0.15, -0.1) is 0 Å². The maximum absolute atomic E-state index is 12.4. The Morgan fingerprint density at radius 3 is 2.58 bits per heavy atom. The number of nitrogens with zero attached hydrogens (tertiary/aromatic N) is 2. The zero-order chi connectivity index (χ0) is 16.9. The largest absolute Gasteiger partial charge is 0.392 e. The van der Waals surface area contributed by atoms with Gasteiger partial charge in [-0.1, -0.05) is 24.3 Å². The number of aliphatic hydroxyl groups excluding tert-OH is 1. The normalized spacial score (nSPS) is 10.6. The number of hydrogen-bond donors (Lipinski definition) is 2. The molecule has 122 valence electrons. The van der Waals surface area contributed by atoms with Crippen molar-refractivity contribution < 1.29 is 9.90 Å². The molecule has 0 radical (unpaired) electrons. The zero-order valence-corrected chi connectivity index (χ0v) is 13.4. The number of rotatable bonds is 5. The first-order valence-electron chi connectivity index (χ1n) is 7.72. The molecule has 0 unspecified atom stereocenters. The summed E-state index contributed by atoms with van der Waals surface area (Å²) in [7, 11) is 0. The number of nitrogens with one attached hydrogen (secondary N) is 1. The van der Waals surface area contributed by atoms with Crippen LogP contribution in [0.5, 0.6) is 0 Å². The predicted molar refractivity (Wildman–Crippen MR) is 92.8 cm³/mol. The lowest BCUT2D eigenvalue weighted by molar-refractivity contribution is 0.102. The van der Waals surface area contributed by atoms with Gasteiger partial charge in [-0.3, -0.25) is 4.79 Å². The number of aliphatic hydroxyl groups is 1. The minimum atomic E-state index is -0.164. The van der Waals surface area contributed by atoms with Gasteiger partial charge in [-0.2, -0.15) is 0 Å². The van der Waals surface area contributed by atoms with Gasteiger partial charge in [-0.25, -0.2) is 4.98 Å². The third-order valence-corrected chi connectivity index (χ3v) is 3.87. The molecule has 0 aliphatic heterocycles.